The summed E-state index contributed by atoms with van der Waals surface area (Å²) in [6.45, 7) is 12.6. The number of aryl methyl sites for hydroxylation is 6. The maximum atomic E-state index is 2.19. The van der Waals surface area contributed by atoms with Crippen LogP contribution in [-0.2, 0) is 17.4 Å². The standard InChI is InChI=1S/3C15H15.Cr/c3*1-12-3-7-14(8-4-12)11-15-9-5-13(2)6-10-15;/h3*3-11H,1-2H3;/q3*-1;+3. The first-order chi connectivity index (χ1) is 21.7. The van der Waals surface area contributed by atoms with Gasteiger partial charge >= 0.3 is 17.4 Å². The predicted molar refractivity (Wildman–Crippen MR) is 195 cm³/mol. The predicted octanol–water partition coefficient (Wildman–Crippen LogP) is 11.7. The van der Waals surface area contributed by atoms with Gasteiger partial charge in [-0.1, -0.05) is 106 Å². The first-order valence-electron chi connectivity index (χ1n) is 15.7. The smallest absolute Gasteiger partial charge is 0.126 e. The maximum Gasteiger partial charge on any atom is 3.00 e. The normalized spacial score (nSPS) is 9.78. The second kappa shape index (κ2) is 18.4. The van der Waals surface area contributed by atoms with Crippen molar-refractivity contribution in [1.82, 2.24) is 0 Å². The van der Waals surface area contributed by atoms with Crippen LogP contribution in [0.15, 0.2) is 146 Å². The number of rotatable bonds is 6. The van der Waals surface area contributed by atoms with E-state index < -0.39 is 0 Å². The molecule has 0 fully saturated rings. The van der Waals surface area contributed by atoms with Crippen molar-refractivity contribution in [3.63, 3.8) is 0 Å². The number of hydrogen-bond donors (Lipinski definition) is 0. The molecule has 0 N–H and O–H groups in total. The van der Waals surface area contributed by atoms with E-state index in [1.807, 2.05) is 0 Å². The van der Waals surface area contributed by atoms with Crippen molar-refractivity contribution in [3.05, 3.63) is 232 Å². The summed E-state index contributed by atoms with van der Waals surface area (Å²) in [5.74, 6) is 0. The summed E-state index contributed by atoms with van der Waals surface area (Å²) in [6.07, 6.45) is 6.58. The van der Waals surface area contributed by atoms with Crippen LogP contribution in [0.5, 0.6) is 0 Å². The molecule has 6 aromatic carbocycles. The summed E-state index contributed by atoms with van der Waals surface area (Å²) >= 11 is 0. The third kappa shape index (κ3) is 12.8. The molecule has 0 aromatic heterocycles. The first-order valence-corrected chi connectivity index (χ1v) is 15.7. The molecule has 0 spiro atoms. The van der Waals surface area contributed by atoms with Crippen LogP contribution < -0.4 is 0 Å². The molecule has 0 atom stereocenters. The Bertz CT molecular complexity index is 1350. The molecule has 46 heavy (non-hydrogen) atoms. The molecule has 0 nitrogen and oxygen atoms in total. The fraction of sp³-hybridized carbons (Fsp3) is 0.133. The largest absolute Gasteiger partial charge is 3.00 e. The van der Waals surface area contributed by atoms with Crippen LogP contribution >= 0.6 is 0 Å². The molecule has 6 aromatic rings. The van der Waals surface area contributed by atoms with E-state index in [1.165, 1.54) is 66.8 Å². The molecule has 0 unspecified atom stereocenters. The third-order valence-electron chi connectivity index (χ3n) is 7.46. The summed E-state index contributed by atoms with van der Waals surface area (Å²) in [5, 5.41) is 0. The topological polar surface area (TPSA) is 0 Å². The summed E-state index contributed by atoms with van der Waals surface area (Å²) in [4.78, 5) is 0. The van der Waals surface area contributed by atoms with Gasteiger partial charge in [0.1, 0.15) is 0 Å². The van der Waals surface area contributed by atoms with Crippen molar-refractivity contribution in [1.29, 1.82) is 0 Å². The Labute approximate surface area is 289 Å². The zero-order valence-corrected chi connectivity index (χ0v) is 29.3. The van der Waals surface area contributed by atoms with Gasteiger partial charge in [0, 0.05) is 0 Å². The average molecular weight is 638 g/mol. The SMILES string of the molecule is Cc1ccc([CH-]c2ccc(C)cc2)cc1.Cc1ccc([CH-]c2ccc(C)cc2)cc1.Cc1ccc([CH-]c2ccc(C)cc2)cc1.[Cr+3]. The summed E-state index contributed by atoms with van der Waals surface area (Å²) in [5.41, 5.74) is 15.3. The van der Waals surface area contributed by atoms with Crippen LogP contribution in [0.25, 0.3) is 0 Å². The Hall–Kier alpha value is -4.54. The molecule has 0 saturated heterocycles. The average Bonchev–Trinajstić information content (AvgIpc) is 3.04. The minimum absolute atomic E-state index is 0. The Balaban J connectivity index is 0.000000186. The Morgan fingerprint density at radius 1 is 0.217 bits per heavy atom. The number of hydrogen-bond acceptors (Lipinski definition) is 0. The Morgan fingerprint density at radius 3 is 0.435 bits per heavy atom. The van der Waals surface area contributed by atoms with Gasteiger partial charge in [-0.15, -0.1) is 125 Å². The van der Waals surface area contributed by atoms with Crippen molar-refractivity contribution in [2.75, 3.05) is 0 Å². The van der Waals surface area contributed by atoms with E-state index in [4.69, 9.17) is 0 Å². The van der Waals surface area contributed by atoms with Gasteiger partial charge in [-0.05, 0) is 41.5 Å². The molecule has 0 aliphatic heterocycles. The van der Waals surface area contributed by atoms with Crippen molar-refractivity contribution in [2.45, 2.75) is 41.5 Å². The van der Waals surface area contributed by atoms with E-state index in [1.54, 1.807) is 0 Å². The molecular formula is C45H45Cr. The van der Waals surface area contributed by atoms with Crippen LogP contribution in [0, 0.1) is 60.8 Å². The molecule has 0 aliphatic rings. The fourth-order valence-electron chi connectivity index (χ4n) is 4.55. The summed E-state index contributed by atoms with van der Waals surface area (Å²) < 4.78 is 0. The van der Waals surface area contributed by atoms with E-state index in [9.17, 15) is 0 Å². The molecule has 0 amide bonds. The zero-order valence-electron chi connectivity index (χ0n) is 28.0. The maximum absolute atomic E-state index is 2.19. The van der Waals surface area contributed by atoms with E-state index in [2.05, 4.69) is 206 Å². The minimum atomic E-state index is 0. The summed E-state index contributed by atoms with van der Waals surface area (Å²) in [6, 6.07) is 51.4. The quantitative estimate of drug-likeness (QED) is 0.159. The van der Waals surface area contributed by atoms with Gasteiger partial charge < -0.3 is 0 Å². The van der Waals surface area contributed by atoms with Gasteiger partial charge in [-0.25, -0.2) is 0 Å². The van der Waals surface area contributed by atoms with Crippen molar-refractivity contribution >= 4 is 0 Å². The molecule has 1 radical (unpaired) electrons. The fourth-order valence-corrected chi connectivity index (χ4v) is 4.55. The first kappa shape index (κ1) is 35.9. The van der Waals surface area contributed by atoms with Crippen molar-refractivity contribution in [2.24, 2.45) is 0 Å². The molecule has 0 bridgehead atoms. The van der Waals surface area contributed by atoms with Crippen molar-refractivity contribution < 1.29 is 17.4 Å². The molecule has 0 saturated carbocycles. The second-order valence-corrected chi connectivity index (χ2v) is 11.9. The Morgan fingerprint density at radius 2 is 0.326 bits per heavy atom. The van der Waals surface area contributed by atoms with Gasteiger partial charge in [0.2, 0.25) is 0 Å². The molecule has 0 heterocycles. The van der Waals surface area contributed by atoms with Gasteiger partial charge in [-0.2, -0.15) is 0 Å². The van der Waals surface area contributed by atoms with Crippen LogP contribution in [0.2, 0.25) is 0 Å². The molecular weight excluding hydrogens is 592 g/mol. The van der Waals surface area contributed by atoms with E-state index in [-0.39, 0.29) is 17.4 Å². The second-order valence-electron chi connectivity index (χ2n) is 11.9. The monoisotopic (exact) mass is 637 g/mol. The van der Waals surface area contributed by atoms with Crippen LogP contribution in [0.3, 0.4) is 0 Å². The molecule has 0 aliphatic carbocycles. The van der Waals surface area contributed by atoms with E-state index >= 15 is 0 Å². The third-order valence-corrected chi connectivity index (χ3v) is 7.46. The van der Waals surface area contributed by atoms with E-state index in [0.717, 1.165) is 0 Å². The van der Waals surface area contributed by atoms with Crippen LogP contribution in [0.4, 0.5) is 0 Å². The van der Waals surface area contributed by atoms with Crippen LogP contribution in [0.1, 0.15) is 66.8 Å². The number of benzene rings is 6. The van der Waals surface area contributed by atoms with Crippen LogP contribution in [-0.4, -0.2) is 0 Å². The van der Waals surface area contributed by atoms with Crippen molar-refractivity contribution in [3.8, 4) is 0 Å². The van der Waals surface area contributed by atoms with Gasteiger partial charge in [0.15, 0.2) is 0 Å². The van der Waals surface area contributed by atoms with Gasteiger partial charge in [-0.3, -0.25) is 0 Å². The Kier molecular flexibility index (Phi) is 14.4. The van der Waals surface area contributed by atoms with Gasteiger partial charge in [0.25, 0.3) is 0 Å². The minimum Gasteiger partial charge on any atom is -0.126 e. The molecule has 6 rings (SSSR count). The van der Waals surface area contributed by atoms with E-state index in [0.29, 0.717) is 0 Å². The van der Waals surface area contributed by atoms with Gasteiger partial charge in [0.05, 0.1) is 0 Å². The summed E-state index contributed by atoms with van der Waals surface area (Å²) in [7, 11) is 0. The molecule has 1 heteroatoms. The zero-order chi connectivity index (χ0) is 32.0. The molecule has 231 valence electrons.